The Hall–Kier alpha value is -1.37. The van der Waals surface area contributed by atoms with Crippen LogP contribution in [0, 0.1) is 12.3 Å². The largest absolute Gasteiger partial charge is 0.381 e. The zero-order valence-electron chi connectivity index (χ0n) is 16.8. The standard InChI is InChI=1S/C20H20B3Cl2N3O2/c1-12-26-17(27-8-5-19(6-9-27)7-10-30-11-19)15(20(21,22)23)18(29)28(12)14-4-2-3-13(24)16(14)25/h2-4H,5-11H2,1H3. The summed E-state index contributed by atoms with van der Waals surface area (Å²) in [5, 5.41) is -1.31. The van der Waals surface area contributed by atoms with Crippen LogP contribution < -0.4 is 10.5 Å². The molecule has 0 aliphatic carbocycles. The second-order valence-corrected chi connectivity index (χ2v) is 9.08. The highest BCUT2D eigenvalue weighted by atomic mass is 35.5. The molecule has 6 radical (unpaired) electrons. The zero-order chi connectivity index (χ0) is 21.7. The molecule has 150 valence electrons. The summed E-state index contributed by atoms with van der Waals surface area (Å²) in [4.78, 5) is 20.3. The number of hydrogen-bond donors (Lipinski definition) is 0. The van der Waals surface area contributed by atoms with Crippen LogP contribution in [-0.4, -0.2) is 59.4 Å². The van der Waals surface area contributed by atoms with E-state index >= 15 is 0 Å². The summed E-state index contributed by atoms with van der Waals surface area (Å²) in [6, 6.07) is 5.03. The van der Waals surface area contributed by atoms with Crippen LogP contribution in [0.5, 0.6) is 0 Å². The lowest BCUT2D eigenvalue weighted by atomic mass is 9.40. The molecule has 1 aromatic carbocycles. The summed E-state index contributed by atoms with van der Waals surface area (Å²) >= 11 is 12.5. The number of aryl methyl sites for hydroxylation is 1. The van der Waals surface area contributed by atoms with E-state index in [9.17, 15) is 4.79 Å². The van der Waals surface area contributed by atoms with Gasteiger partial charge in [-0.1, -0.05) is 34.4 Å². The van der Waals surface area contributed by atoms with Gasteiger partial charge in [0.2, 0.25) is 0 Å². The lowest BCUT2D eigenvalue weighted by Gasteiger charge is -2.40. The number of benzene rings is 1. The molecule has 0 bridgehead atoms. The van der Waals surface area contributed by atoms with Crippen molar-refractivity contribution in [2.24, 2.45) is 5.41 Å². The Bertz CT molecular complexity index is 1020. The average molecular weight is 438 g/mol. The Morgan fingerprint density at radius 2 is 1.87 bits per heavy atom. The fraction of sp³-hybridized carbons (Fsp3) is 0.500. The summed E-state index contributed by atoms with van der Waals surface area (Å²) in [6.07, 6.45) is 2.95. The predicted octanol–water partition coefficient (Wildman–Crippen LogP) is 2.47. The topological polar surface area (TPSA) is 47.4 Å². The van der Waals surface area contributed by atoms with Gasteiger partial charge < -0.3 is 9.64 Å². The number of hydrogen-bond acceptors (Lipinski definition) is 4. The van der Waals surface area contributed by atoms with E-state index in [1.54, 1.807) is 25.1 Å². The molecule has 10 heteroatoms. The van der Waals surface area contributed by atoms with Crippen molar-refractivity contribution in [3.63, 3.8) is 0 Å². The van der Waals surface area contributed by atoms with Crippen molar-refractivity contribution in [2.75, 3.05) is 31.2 Å². The number of ether oxygens (including phenoxy) is 1. The maximum absolute atomic E-state index is 13.5. The van der Waals surface area contributed by atoms with Crippen LogP contribution in [0.15, 0.2) is 23.0 Å². The third-order valence-electron chi connectivity index (χ3n) is 6.15. The number of halogens is 2. The molecular formula is C20H20B3Cl2N3O2. The first-order valence-electron chi connectivity index (χ1n) is 9.91. The highest BCUT2D eigenvalue weighted by Crippen LogP contribution is 2.40. The van der Waals surface area contributed by atoms with Gasteiger partial charge in [-0.05, 0) is 43.7 Å². The van der Waals surface area contributed by atoms with Crippen molar-refractivity contribution >= 4 is 52.6 Å². The summed E-state index contributed by atoms with van der Waals surface area (Å²) < 4.78 is 6.96. The molecule has 4 rings (SSSR count). The predicted molar refractivity (Wildman–Crippen MR) is 123 cm³/mol. The number of nitrogens with zero attached hydrogens (tertiary/aromatic N) is 3. The van der Waals surface area contributed by atoms with E-state index in [-0.39, 0.29) is 16.0 Å². The Morgan fingerprint density at radius 1 is 1.17 bits per heavy atom. The van der Waals surface area contributed by atoms with E-state index in [0.29, 0.717) is 22.4 Å². The molecule has 0 saturated carbocycles. The molecule has 0 N–H and O–H groups in total. The van der Waals surface area contributed by atoms with E-state index in [0.717, 1.165) is 45.6 Å². The van der Waals surface area contributed by atoms with Gasteiger partial charge in [-0.15, -0.1) is 0 Å². The van der Waals surface area contributed by atoms with E-state index in [4.69, 9.17) is 56.5 Å². The summed E-state index contributed by atoms with van der Waals surface area (Å²) in [5.41, 5.74) is 0.193. The van der Waals surface area contributed by atoms with Crippen molar-refractivity contribution in [3.8, 4) is 5.69 Å². The number of aromatic nitrogens is 2. The van der Waals surface area contributed by atoms with Gasteiger partial charge in [-0.3, -0.25) is 9.36 Å². The maximum atomic E-state index is 13.5. The van der Waals surface area contributed by atoms with E-state index < -0.39 is 10.7 Å². The monoisotopic (exact) mass is 437 g/mol. The van der Waals surface area contributed by atoms with Crippen molar-refractivity contribution < 1.29 is 4.74 Å². The number of anilines is 1. The Morgan fingerprint density at radius 3 is 2.47 bits per heavy atom. The third kappa shape index (κ3) is 3.83. The first-order chi connectivity index (χ1) is 14.1. The molecule has 1 spiro atoms. The van der Waals surface area contributed by atoms with Gasteiger partial charge in [0.1, 0.15) is 11.6 Å². The van der Waals surface area contributed by atoms with E-state index in [2.05, 4.69) is 0 Å². The molecule has 3 heterocycles. The minimum Gasteiger partial charge on any atom is -0.381 e. The van der Waals surface area contributed by atoms with Crippen LogP contribution in [0.2, 0.25) is 10.0 Å². The molecule has 2 aliphatic rings. The maximum Gasteiger partial charge on any atom is 0.261 e. The van der Waals surface area contributed by atoms with Gasteiger partial charge in [0.05, 0.1) is 45.9 Å². The highest BCUT2D eigenvalue weighted by Gasteiger charge is 2.39. The summed E-state index contributed by atoms with van der Waals surface area (Å²) in [7, 11) is 18.1. The molecular weight excluding hydrogens is 418 g/mol. The second-order valence-electron chi connectivity index (χ2n) is 8.29. The van der Waals surface area contributed by atoms with E-state index in [1.165, 1.54) is 4.57 Å². The number of piperidine rings is 1. The molecule has 2 fully saturated rings. The molecule has 1 aromatic heterocycles. The van der Waals surface area contributed by atoms with Gasteiger partial charge >= 0.3 is 0 Å². The minimum atomic E-state index is -1.87. The Kier molecular flexibility index (Phi) is 5.80. The molecule has 0 amide bonds. The highest BCUT2D eigenvalue weighted by molar-refractivity contribution is 6.59. The van der Waals surface area contributed by atoms with Crippen LogP contribution in [-0.2, 0) is 9.85 Å². The average Bonchev–Trinajstić information content (AvgIpc) is 3.12. The van der Waals surface area contributed by atoms with Gasteiger partial charge in [0.15, 0.2) is 0 Å². The molecule has 0 unspecified atom stereocenters. The Labute approximate surface area is 190 Å². The van der Waals surface area contributed by atoms with Crippen molar-refractivity contribution in [2.45, 2.75) is 31.3 Å². The lowest BCUT2D eigenvalue weighted by molar-refractivity contribution is 0.133. The van der Waals surface area contributed by atoms with Crippen LogP contribution in [0.1, 0.15) is 30.7 Å². The van der Waals surface area contributed by atoms with Crippen molar-refractivity contribution in [3.05, 3.63) is 50.0 Å². The quantitative estimate of drug-likeness (QED) is 0.692. The number of rotatable bonds is 3. The molecule has 2 aliphatic heterocycles. The molecule has 0 atom stereocenters. The van der Waals surface area contributed by atoms with Gasteiger partial charge in [-0.25, -0.2) is 4.98 Å². The van der Waals surface area contributed by atoms with Gasteiger partial charge in [-0.2, -0.15) is 0 Å². The normalized spacial score (nSPS) is 18.8. The zero-order valence-corrected chi connectivity index (χ0v) is 18.3. The van der Waals surface area contributed by atoms with Crippen LogP contribution in [0.4, 0.5) is 5.82 Å². The van der Waals surface area contributed by atoms with Gasteiger partial charge in [0, 0.05) is 25.3 Å². The SMILES string of the molecule is [B]C([B])([B])c1c(N2CCC3(CCOC3)CC2)nc(C)n(-c2cccc(Cl)c2Cl)c1=O. The van der Waals surface area contributed by atoms with Crippen LogP contribution in [0.3, 0.4) is 0 Å². The van der Waals surface area contributed by atoms with Crippen molar-refractivity contribution in [1.82, 2.24) is 9.55 Å². The van der Waals surface area contributed by atoms with Crippen LogP contribution >= 0.6 is 23.2 Å². The van der Waals surface area contributed by atoms with Crippen molar-refractivity contribution in [1.29, 1.82) is 0 Å². The molecule has 2 saturated heterocycles. The lowest BCUT2D eigenvalue weighted by Crippen LogP contribution is -2.46. The fourth-order valence-corrected chi connectivity index (χ4v) is 4.79. The molecule has 2 aromatic rings. The van der Waals surface area contributed by atoms with E-state index in [1.807, 2.05) is 4.90 Å². The Balaban J connectivity index is 1.81. The smallest absolute Gasteiger partial charge is 0.261 e. The first-order valence-corrected chi connectivity index (χ1v) is 10.7. The summed E-state index contributed by atoms with van der Waals surface area (Å²) in [6.45, 7) is 4.76. The second kappa shape index (κ2) is 7.96. The first kappa shape index (κ1) is 21.9. The summed E-state index contributed by atoms with van der Waals surface area (Å²) in [5.74, 6) is 0.866. The third-order valence-corrected chi connectivity index (χ3v) is 6.95. The van der Waals surface area contributed by atoms with Gasteiger partial charge in [0.25, 0.3) is 5.56 Å². The minimum absolute atomic E-state index is 0.0442. The fourth-order valence-electron chi connectivity index (χ4n) is 4.41. The van der Waals surface area contributed by atoms with Crippen LogP contribution in [0.25, 0.3) is 5.69 Å². The molecule has 5 nitrogen and oxygen atoms in total. The molecule has 30 heavy (non-hydrogen) atoms.